The van der Waals surface area contributed by atoms with E-state index in [1.165, 1.54) is 31.6 Å². The third-order valence-corrected chi connectivity index (χ3v) is 6.48. The predicted molar refractivity (Wildman–Crippen MR) is 132 cm³/mol. The van der Waals surface area contributed by atoms with Crippen LogP contribution in [0.5, 0.6) is 5.75 Å². The van der Waals surface area contributed by atoms with E-state index in [1.807, 2.05) is 30.3 Å². The van der Waals surface area contributed by atoms with E-state index in [0.717, 1.165) is 21.5 Å². The van der Waals surface area contributed by atoms with Crippen LogP contribution in [-0.2, 0) is 22.7 Å². The Balaban J connectivity index is 1.54. The van der Waals surface area contributed by atoms with Crippen LogP contribution in [0.25, 0.3) is 10.2 Å². The Bertz CT molecular complexity index is 1530. The number of anilines is 1. The highest BCUT2D eigenvalue weighted by atomic mass is 32.1. The van der Waals surface area contributed by atoms with Gasteiger partial charge in [-0.25, -0.2) is 9.78 Å². The zero-order chi connectivity index (χ0) is 25.8. The van der Waals surface area contributed by atoms with E-state index in [1.54, 1.807) is 6.92 Å². The number of carbonyl (C=O) groups excluding carboxylic acids is 2. The van der Waals surface area contributed by atoms with Crippen LogP contribution in [0.3, 0.4) is 0 Å². The number of nitrogens with zero attached hydrogens (tertiary/aromatic N) is 3. The number of rotatable bonds is 8. The van der Waals surface area contributed by atoms with Crippen LogP contribution in [0, 0.1) is 17.0 Å². The number of thiophene rings is 1. The lowest BCUT2D eigenvalue weighted by Gasteiger charge is -2.09. The molecule has 4 aromatic rings. The lowest BCUT2D eigenvalue weighted by molar-refractivity contribution is -0.384. The third-order valence-electron chi connectivity index (χ3n) is 5.31. The summed E-state index contributed by atoms with van der Waals surface area (Å²) < 4.78 is 11.4. The molecule has 0 saturated heterocycles. The van der Waals surface area contributed by atoms with Gasteiger partial charge in [-0.2, -0.15) is 0 Å². The summed E-state index contributed by atoms with van der Waals surface area (Å²) in [6.45, 7) is 1.27. The molecule has 0 radical (unpaired) electrons. The molecule has 0 aliphatic heterocycles. The summed E-state index contributed by atoms with van der Waals surface area (Å²) in [7, 11) is 1.37. The average Bonchev–Trinajstić information content (AvgIpc) is 3.22. The van der Waals surface area contributed by atoms with Crippen molar-refractivity contribution in [2.45, 2.75) is 20.1 Å². The topological polar surface area (TPSA) is 143 Å². The summed E-state index contributed by atoms with van der Waals surface area (Å²) in [5.41, 5.74) is 0.327. The second-order valence-corrected chi connectivity index (χ2v) is 8.66. The number of benzene rings is 2. The van der Waals surface area contributed by atoms with Crippen molar-refractivity contribution in [2.24, 2.45) is 0 Å². The summed E-state index contributed by atoms with van der Waals surface area (Å²) >= 11 is 1.03. The van der Waals surface area contributed by atoms with Crippen LogP contribution in [0.1, 0.15) is 20.8 Å². The normalized spacial score (nSPS) is 10.7. The molecule has 0 saturated carbocycles. The summed E-state index contributed by atoms with van der Waals surface area (Å²) in [4.78, 5) is 53.8. The van der Waals surface area contributed by atoms with Crippen molar-refractivity contribution >= 4 is 44.8 Å². The van der Waals surface area contributed by atoms with Crippen molar-refractivity contribution in [3.63, 3.8) is 0 Å². The molecule has 0 unspecified atom stereocenters. The monoisotopic (exact) mass is 508 g/mol. The SMILES string of the molecule is COc1ccc(NC(=O)Cn2cnc3sc(C(=O)OCc4ccccc4)c(C)c3c2=O)c([N+](=O)[O-])c1. The van der Waals surface area contributed by atoms with Crippen molar-refractivity contribution in [3.8, 4) is 5.75 Å². The number of hydrogen-bond donors (Lipinski definition) is 1. The molecule has 0 aliphatic rings. The van der Waals surface area contributed by atoms with Gasteiger partial charge in [0.2, 0.25) is 5.91 Å². The molecule has 2 aromatic carbocycles. The van der Waals surface area contributed by atoms with Crippen LogP contribution in [0.2, 0.25) is 0 Å². The first-order valence-corrected chi connectivity index (χ1v) is 11.4. The van der Waals surface area contributed by atoms with E-state index in [9.17, 15) is 24.5 Å². The summed E-state index contributed by atoms with van der Waals surface area (Å²) in [5, 5.41) is 14.0. The number of amides is 1. The lowest BCUT2D eigenvalue weighted by Crippen LogP contribution is -2.28. The first-order valence-electron chi connectivity index (χ1n) is 10.6. The Morgan fingerprint density at radius 1 is 1.19 bits per heavy atom. The average molecular weight is 509 g/mol. The molecule has 0 atom stereocenters. The van der Waals surface area contributed by atoms with Gasteiger partial charge in [-0.05, 0) is 30.2 Å². The highest BCUT2D eigenvalue weighted by Gasteiger charge is 2.22. The van der Waals surface area contributed by atoms with Gasteiger partial charge >= 0.3 is 5.97 Å². The number of aryl methyl sites for hydroxylation is 1. The van der Waals surface area contributed by atoms with Gasteiger partial charge in [0.05, 0.1) is 29.8 Å². The van der Waals surface area contributed by atoms with Gasteiger partial charge in [0, 0.05) is 0 Å². The summed E-state index contributed by atoms with van der Waals surface area (Å²) in [5.74, 6) is -0.978. The van der Waals surface area contributed by atoms with Gasteiger partial charge in [0.15, 0.2) is 0 Å². The molecule has 1 amide bonds. The predicted octanol–water partition coefficient (Wildman–Crippen LogP) is 3.68. The second kappa shape index (κ2) is 10.4. The Morgan fingerprint density at radius 3 is 2.64 bits per heavy atom. The quantitative estimate of drug-likeness (QED) is 0.216. The molecule has 184 valence electrons. The molecule has 36 heavy (non-hydrogen) atoms. The molecule has 0 fully saturated rings. The summed E-state index contributed by atoms with van der Waals surface area (Å²) in [6, 6.07) is 13.2. The number of esters is 1. The summed E-state index contributed by atoms with van der Waals surface area (Å²) in [6.07, 6.45) is 1.20. The number of hydrogen-bond acceptors (Lipinski definition) is 9. The number of aromatic nitrogens is 2. The zero-order valence-corrected chi connectivity index (χ0v) is 20.0. The first kappa shape index (κ1) is 24.5. The molecule has 2 heterocycles. The molecule has 2 aromatic heterocycles. The molecule has 1 N–H and O–H groups in total. The molecular weight excluding hydrogens is 488 g/mol. The van der Waals surface area contributed by atoms with Gasteiger partial charge in [0.25, 0.3) is 11.2 Å². The number of fused-ring (bicyclic) bond motifs is 1. The Morgan fingerprint density at radius 2 is 1.94 bits per heavy atom. The number of carbonyl (C=O) groups is 2. The van der Waals surface area contributed by atoms with Gasteiger partial charge in [-0.3, -0.25) is 24.3 Å². The molecule has 4 rings (SSSR count). The standard InChI is InChI=1S/C24H20N4O7S/c1-14-20-22(36-21(14)24(31)35-12-15-6-4-3-5-7-15)25-13-27(23(20)30)11-19(29)26-17-9-8-16(34-2)10-18(17)28(32)33/h3-10,13H,11-12H2,1-2H3,(H,26,29). The van der Waals surface area contributed by atoms with Crippen LogP contribution in [0.15, 0.2) is 59.7 Å². The third kappa shape index (κ3) is 5.08. The second-order valence-electron chi connectivity index (χ2n) is 7.66. The number of ether oxygens (including phenoxy) is 2. The maximum absolute atomic E-state index is 13.1. The minimum absolute atomic E-state index is 0.0388. The van der Waals surface area contributed by atoms with E-state index in [4.69, 9.17) is 9.47 Å². The fourth-order valence-electron chi connectivity index (χ4n) is 3.49. The highest BCUT2D eigenvalue weighted by molar-refractivity contribution is 7.20. The number of nitro benzene ring substituents is 1. The van der Waals surface area contributed by atoms with Gasteiger partial charge in [-0.1, -0.05) is 30.3 Å². The van der Waals surface area contributed by atoms with Crippen LogP contribution in [0.4, 0.5) is 11.4 Å². The fourth-order valence-corrected chi connectivity index (χ4v) is 4.53. The van der Waals surface area contributed by atoms with Gasteiger partial charge < -0.3 is 14.8 Å². The zero-order valence-electron chi connectivity index (χ0n) is 19.2. The van der Waals surface area contributed by atoms with Crippen molar-refractivity contribution in [3.05, 3.63) is 91.3 Å². The maximum Gasteiger partial charge on any atom is 0.349 e. The molecule has 0 aliphatic carbocycles. The minimum atomic E-state index is -0.665. The fraction of sp³-hybridized carbons (Fsp3) is 0.167. The number of nitro groups is 1. The first-order chi connectivity index (χ1) is 17.3. The molecule has 0 bridgehead atoms. The smallest absolute Gasteiger partial charge is 0.349 e. The molecule has 12 heteroatoms. The Labute approximate surface area is 208 Å². The van der Waals surface area contributed by atoms with Gasteiger partial charge in [0.1, 0.15) is 34.3 Å². The van der Waals surface area contributed by atoms with E-state index in [2.05, 4.69) is 10.3 Å². The Kier molecular flexibility index (Phi) is 7.06. The van der Waals surface area contributed by atoms with Gasteiger partial charge in [-0.15, -0.1) is 11.3 Å². The van der Waals surface area contributed by atoms with E-state index in [-0.39, 0.29) is 34.0 Å². The van der Waals surface area contributed by atoms with Crippen molar-refractivity contribution < 1.29 is 24.0 Å². The number of nitrogens with one attached hydrogen (secondary N) is 1. The molecule has 11 nitrogen and oxygen atoms in total. The number of methoxy groups -OCH3 is 1. The van der Waals surface area contributed by atoms with Crippen molar-refractivity contribution in [1.82, 2.24) is 9.55 Å². The Hall–Kier alpha value is -4.58. The van der Waals surface area contributed by atoms with Crippen LogP contribution < -0.4 is 15.6 Å². The van der Waals surface area contributed by atoms with E-state index < -0.39 is 28.9 Å². The van der Waals surface area contributed by atoms with Crippen LogP contribution >= 0.6 is 11.3 Å². The van der Waals surface area contributed by atoms with Crippen molar-refractivity contribution in [1.29, 1.82) is 0 Å². The maximum atomic E-state index is 13.1. The van der Waals surface area contributed by atoms with Crippen molar-refractivity contribution in [2.75, 3.05) is 12.4 Å². The largest absolute Gasteiger partial charge is 0.496 e. The highest BCUT2D eigenvalue weighted by Crippen LogP contribution is 2.29. The van der Waals surface area contributed by atoms with Crippen LogP contribution in [-0.4, -0.2) is 33.5 Å². The van der Waals surface area contributed by atoms with E-state index >= 15 is 0 Å². The minimum Gasteiger partial charge on any atom is -0.496 e. The lowest BCUT2D eigenvalue weighted by atomic mass is 10.2. The molecule has 0 spiro atoms. The van der Waals surface area contributed by atoms with E-state index in [0.29, 0.717) is 10.4 Å². The molecular formula is C24H20N4O7S.